The molecule has 0 spiro atoms. The van der Waals surface area contributed by atoms with Gasteiger partial charge in [0.25, 0.3) is 0 Å². The molecule has 0 saturated carbocycles. The SMILES string of the molecule is O=C(NC[C@H](O)c1ccoc1)NC(c1ccccc1)c1ccccc1. The molecule has 0 aliphatic carbocycles. The van der Waals surface area contributed by atoms with Gasteiger partial charge in [0.15, 0.2) is 0 Å². The van der Waals surface area contributed by atoms with E-state index in [-0.39, 0.29) is 18.6 Å². The number of nitrogens with one attached hydrogen (secondary N) is 2. The van der Waals surface area contributed by atoms with Crippen LogP contribution in [-0.2, 0) is 0 Å². The molecule has 128 valence electrons. The van der Waals surface area contributed by atoms with Gasteiger partial charge in [-0.25, -0.2) is 4.79 Å². The Bertz CT molecular complexity index is 734. The summed E-state index contributed by atoms with van der Waals surface area (Å²) in [6.45, 7) is 0.0989. The fourth-order valence-electron chi connectivity index (χ4n) is 2.60. The third kappa shape index (κ3) is 4.49. The van der Waals surface area contributed by atoms with Gasteiger partial charge in [-0.05, 0) is 17.2 Å². The summed E-state index contributed by atoms with van der Waals surface area (Å²) in [5.41, 5.74) is 2.60. The molecule has 0 saturated heterocycles. The monoisotopic (exact) mass is 336 g/mol. The van der Waals surface area contributed by atoms with E-state index in [2.05, 4.69) is 10.6 Å². The first kappa shape index (κ1) is 16.8. The molecule has 5 nitrogen and oxygen atoms in total. The van der Waals surface area contributed by atoms with Crippen LogP contribution in [0.4, 0.5) is 4.79 Å². The summed E-state index contributed by atoms with van der Waals surface area (Å²) < 4.78 is 4.93. The van der Waals surface area contributed by atoms with Crippen molar-refractivity contribution in [1.82, 2.24) is 10.6 Å². The number of rotatable bonds is 6. The number of hydrogen-bond acceptors (Lipinski definition) is 3. The molecule has 2 aromatic carbocycles. The van der Waals surface area contributed by atoms with Gasteiger partial charge >= 0.3 is 6.03 Å². The molecule has 3 N–H and O–H groups in total. The van der Waals surface area contributed by atoms with Crippen LogP contribution >= 0.6 is 0 Å². The van der Waals surface area contributed by atoms with Crippen LogP contribution in [0.2, 0.25) is 0 Å². The van der Waals surface area contributed by atoms with Gasteiger partial charge in [-0.15, -0.1) is 0 Å². The Labute approximate surface area is 146 Å². The highest BCUT2D eigenvalue weighted by atomic mass is 16.3. The second-order valence-corrected chi connectivity index (χ2v) is 5.68. The lowest BCUT2D eigenvalue weighted by molar-refractivity contribution is 0.172. The highest BCUT2D eigenvalue weighted by Crippen LogP contribution is 2.21. The van der Waals surface area contributed by atoms with E-state index in [1.165, 1.54) is 12.5 Å². The number of furan rings is 1. The minimum absolute atomic E-state index is 0.0989. The maximum atomic E-state index is 12.3. The van der Waals surface area contributed by atoms with Gasteiger partial charge < -0.3 is 20.2 Å². The molecule has 0 radical (unpaired) electrons. The number of aliphatic hydroxyl groups excluding tert-OH is 1. The van der Waals surface area contributed by atoms with E-state index >= 15 is 0 Å². The lowest BCUT2D eigenvalue weighted by Crippen LogP contribution is -2.40. The van der Waals surface area contributed by atoms with Gasteiger partial charge in [-0.3, -0.25) is 0 Å². The topological polar surface area (TPSA) is 74.5 Å². The summed E-state index contributed by atoms with van der Waals surface area (Å²) >= 11 is 0. The minimum Gasteiger partial charge on any atom is -0.472 e. The van der Waals surface area contributed by atoms with E-state index in [0.29, 0.717) is 5.56 Å². The van der Waals surface area contributed by atoms with Crippen LogP contribution < -0.4 is 10.6 Å². The Morgan fingerprint density at radius 2 is 1.52 bits per heavy atom. The average molecular weight is 336 g/mol. The van der Waals surface area contributed by atoms with Crippen LogP contribution in [-0.4, -0.2) is 17.7 Å². The van der Waals surface area contributed by atoms with Crippen molar-refractivity contribution in [3.05, 3.63) is 95.9 Å². The number of carbonyl (C=O) groups excluding carboxylic acids is 1. The Hall–Kier alpha value is -3.05. The van der Waals surface area contributed by atoms with Gasteiger partial charge in [-0.2, -0.15) is 0 Å². The highest BCUT2D eigenvalue weighted by Gasteiger charge is 2.17. The molecule has 0 unspecified atom stereocenters. The summed E-state index contributed by atoms with van der Waals surface area (Å²) in [5, 5.41) is 15.7. The molecule has 25 heavy (non-hydrogen) atoms. The number of hydrogen-bond donors (Lipinski definition) is 3. The van der Waals surface area contributed by atoms with Crippen molar-refractivity contribution in [1.29, 1.82) is 0 Å². The Morgan fingerprint density at radius 1 is 0.920 bits per heavy atom. The smallest absolute Gasteiger partial charge is 0.315 e. The first-order valence-electron chi connectivity index (χ1n) is 8.08. The zero-order chi connectivity index (χ0) is 17.5. The van der Waals surface area contributed by atoms with Gasteiger partial charge in [0, 0.05) is 12.1 Å². The Morgan fingerprint density at radius 3 is 2.04 bits per heavy atom. The van der Waals surface area contributed by atoms with Crippen LogP contribution in [0.15, 0.2) is 83.7 Å². The molecular weight excluding hydrogens is 316 g/mol. The molecule has 0 bridgehead atoms. The molecule has 1 atom stereocenters. The predicted octanol–water partition coefficient (Wildman–Crippen LogP) is 3.40. The lowest BCUT2D eigenvalue weighted by Gasteiger charge is -2.20. The standard InChI is InChI=1S/C20H20N2O3/c23-18(17-11-12-25-14-17)13-21-20(24)22-19(15-7-3-1-4-8-15)16-9-5-2-6-10-16/h1-12,14,18-19,23H,13H2,(H2,21,22,24)/t18-/m0/s1. The number of amides is 2. The van der Waals surface area contributed by atoms with E-state index in [1.807, 2.05) is 60.7 Å². The summed E-state index contributed by atoms with van der Waals surface area (Å²) in [6, 6.07) is 20.6. The third-order valence-electron chi connectivity index (χ3n) is 3.93. The first-order chi connectivity index (χ1) is 12.2. The van der Waals surface area contributed by atoms with Crippen molar-refractivity contribution >= 4 is 6.03 Å². The van der Waals surface area contributed by atoms with Crippen LogP contribution in [0.3, 0.4) is 0 Å². The molecule has 0 fully saturated rings. The highest BCUT2D eigenvalue weighted by molar-refractivity contribution is 5.75. The zero-order valence-corrected chi connectivity index (χ0v) is 13.6. The van der Waals surface area contributed by atoms with Crippen LogP contribution in [0.5, 0.6) is 0 Å². The van der Waals surface area contributed by atoms with Gasteiger partial charge in [0.1, 0.15) is 0 Å². The predicted molar refractivity (Wildman–Crippen MR) is 94.9 cm³/mol. The van der Waals surface area contributed by atoms with E-state index in [1.54, 1.807) is 6.07 Å². The summed E-state index contributed by atoms with van der Waals surface area (Å²) in [5.74, 6) is 0. The van der Waals surface area contributed by atoms with Crippen LogP contribution in [0.25, 0.3) is 0 Å². The molecule has 1 heterocycles. The molecule has 5 heteroatoms. The van der Waals surface area contributed by atoms with Gasteiger partial charge in [0.05, 0.1) is 24.7 Å². The van der Waals surface area contributed by atoms with Crippen molar-refractivity contribution in [3.63, 3.8) is 0 Å². The third-order valence-corrected chi connectivity index (χ3v) is 3.93. The molecule has 3 rings (SSSR count). The summed E-state index contributed by atoms with van der Waals surface area (Å²) in [6.07, 6.45) is 2.14. The van der Waals surface area contributed by atoms with Crippen molar-refractivity contribution in [2.24, 2.45) is 0 Å². The summed E-state index contributed by atoms with van der Waals surface area (Å²) in [4.78, 5) is 12.3. The van der Waals surface area contributed by atoms with Gasteiger partial charge in [0.2, 0.25) is 0 Å². The maximum Gasteiger partial charge on any atom is 0.315 e. The Kier molecular flexibility index (Phi) is 5.49. The molecule has 0 aliphatic rings. The first-order valence-corrected chi connectivity index (χ1v) is 8.08. The fourth-order valence-corrected chi connectivity index (χ4v) is 2.60. The number of benzene rings is 2. The number of carbonyl (C=O) groups is 1. The molecule has 0 aliphatic heterocycles. The lowest BCUT2D eigenvalue weighted by atomic mass is 9.99. The van der Waals surface area contributed by atoms with E-state index < -0.39 is 6.10 Å². The molecule has 2 amide bonds. The quantitative estimate of drug-likeness (QED) is 0.646. The molecule has 1 aromatic heterocycles. The fraction of sp³-hybridized carbons (Fsp3) is 0.150. The van der Waals surface area contributed by atoms with E-state index in [4.69, 9.17) is 4.42 Å². The second-order valence-electron chi connectivity index (χ2n) is 5.68. The van der Waals surface area contributed by atoms with E-state index in [9.17, 15) is 9.90 Å². The van der Waals surface area contributed by atoms with Crippen molar-refractivity contribution in [2.75, 3.05) is 6.54 Å². The average Bonchev–Trinajstić information content (AvgIpc) is 3.20. The van der Waals surface area contributed by atoms with Crippen molar-refractivity contribution < 1.29 is 14.3 Å². The molecule has 3 aromatic rings. The largest absolute Gasteiger partial charge is 0.472 e. The normalized spacial score (nSPS) is 11.9. The van der Waals surface area contributed by atoms with Gasteiger partial charge in [-0.1, -0.05) is 60.7 Å². The molecular formula is C20H20N2O3. The van der Waals surface area contributed by atoms with E-state index in [0.717, 1.165) is 11.1 Å². The minimum atomic E-state index is -0.809. The summed E-state index contributed by atoms with van der Waals surface area (Å²) in [7, 11) is 0. The van der Waals surface area contributed by atoms with Crippen LogP contribution in [0.1, 0.15) is 28.8 Å². The number of urea groups is 1. The van der Waals surface area contributed by atoms with Crippen molar-refractivity contribution in [2.45, 2.75) is 12.1 Å². The number of aliphatic hydroxyl groups is 1. The van der Waals surface area contributed by atoms with Crippen molar-refractivity contribution in [3.8, 4) is 0 Å². The Balaban J connectivity index is 1.67. The maximum absolute atomic E-state index is 12.3. The van der Waals surface area contributed by atoms with Crippen LogP contribution in [0, 0.1) is 0 Å². The zero-order valence-electron chi connectivity index (χ0n) is 13.6. The second kappa shape index (κ2) is 8.17.